The summed E-state index contributed by atoms with van der Waals surface area (Å²) in [6, 6.07) is 1.39. The van der Waals surface area contributed by atoms with Gasteiger partial charge in [-0.05, 0) is 6.42 Å². The first-order valence-corrected chi connectivity index (χ1v) is 5.77. The zero-order chi connectivity index (χ0) is 13.0. The van der Waals surface area contributed by atoms with Crippen molar-refractivity contribution in [2.75, 3.05) is 10.6 Å². The van der Waals surface area contributed by atoms with Crippen molar-refractivity contribution < 1.29 is 4.79 Å². The molecular formula is C11H16N6O. The van der Waals surface area contributed by atoms with E-state index in [0.29, 0.717) is 11.5 Å². The number of rotatable bonds is 4. The lowest BCUT2D eigenvalue weighted by Gasteiger charge is -2.02. The number of carbonyl (C=O) groups is 1. The lowest BCUT2D eigenvalue weighted by Crippen LogP contribution is -2.19. The van der Waals surface area contributed by atoms with Crippen molar-refractivity contribution >= 4 is 17.5 Å². The Bertz CT molecular complexity index is 529. The van der Waals surface area contributed by atoms with E-state index in [1.807, 2.05) is 0 Å². The van der Waals surface area contributed by atoms with Crippen LogP contribution in [0.2, 0.25) is 0 Å². The van der Waals surface area contributed by atoms with E-state index in [4.69, 9.17) is 0 Å². The van der Waals surface area contributed by atoms with Crippen LogP contribution in [0.5, 0.6) is 0 Å². The summed E-state index contributed by atoms with van der Waals surface area (Å²) in [7, 11) is 1.79. The van der Waals surface area contributed by atoms with Crippen LogP contribution in [0.15, 0.2) is 24.7 Å². The van der Waals surface area contributed by atoms with Crippen molar-refractivity contribution in [3.05, 3.63) is 24.7 Å². The van der Waals surface area contributed by atoms with Gasteiger partial charge in [0.05, 0.1) is 11.9 Å². The first-order valence-electron chi connectivity index (χ1n) is 5.77. The SMILES string of the molecule is CCCn1cc(NC(=O)Nc2ccn(C)n2)cn1. The third kappa shape index (κ3) is 3.09. The minimum absolute atomic E-state index is 0.329. The van der Waals surface area contributed by atoms with E-state index >= 15 is 0 Å². The summed E-state index contributed by atoms with van der Waals surface area (Å²) in [6.45, 7) is 2.91. The van der Waals surface area contributed by atoms with Crippen LogP contribution in [0.1, 0.15) is 13.3 Å². The standard InChI is InChI=1S/C11H16N6O/c1-3-5-17-8-9(7-12-17)13-11(18)14-10-4-6-16(2)15-10/h4,6-8H,3,5H2,1-2H3,(H2,13,14,15,18). The van der Waals surface area contributed by atoms with E-state index in [9.17, 15) is 4.79 Å². The van der Waals surface area contributed by atoms with E-state index in [0.717, 1.165) is 13.0 Å². The van der Waals surface area contributed by atoms with Gasteiger partial charge in [0.25, 0.3) is 0 Å². The van der Waals surface area contributed by atoms with E-state index in [-0.39, 0.29) is 6.03 Å². The Balaban J connectivity index is 1.90. The summed E-state index contributed by atoms with van der Waals surface area (Å²) >= 11 is 0. The molecule has 2 amide bonds. The number of hydrogen-bond donors (Lipinski definition) is 2. The number of nitrogens with one attached hydrogen (secondary N) is 2. The van der Waals surface area contributed by atoms with E-state index in [1.54, 1.807) is 41.1 Å². The van der Waals surface area contributed by atoms with Crippen LogP contribution in [0.3, 0.4) is 0 Å². The molecule has 0 atom stereocenters. The normalized spacial score (nSPS) is 10.3. The largest absolute Gasteiger partial charge is 0.324 e. The quantitative estimate of drug-likeness (QED) is 0.864. The van der Waals surface area contributed by atoms with Gasteiger partial charge in [-0.3, -0.25) is 14.7 Å². The first-order chi connectivity index (χ1) is 8.67. The summed E-state index contributed by atoms with van der Waals surface area (Å²) in [4.78, 5) is 11.6. The number of carbonyl (C=O) groups excluding carboxylic acids is 1. The molecule has 0 aliphatic rings. The highest BCUT2D eigenvalue weighted by molar-refractivity contribution is 5.98. The Kier molecular flexibility index (Phi) is 3.61. The van der Waals surface area contributed by atoms with Crippen LogP contribution in [0, 0.1) is 0 Å². The maximum absolute atomic E-state index is 11.6. The molecule has 96 valence electrons. The van der Waals surface area contributed by atoms with Gasteiger partial charge in [0.2, 0.25) is 0 Å². The number of aromatic nitrogens is 4. The number of hydrogen-bond acceptors (Lipinski definition) is 3. The molecule has 0 saturated carbocycles. The fourth-order valence-electron chi connectivity index (χ4n) is 1.54. The second-order valence-electron chi connectivity index (χ2n) is 3.95. The van der Waals surface area contributed by atoms with Crippen LogP contribution < -0.4 is 10.6 Å². The molecule has 18 heavy (non-hydrogen) atoms. The molecule has 0 aliphatic heterocycles. The smallest absolute Gasteiger partial charge is 0.305 e. The highest BCUT2D eigenvalue weighted by Crippen LogP contribution is 2.07. The molecule has 0 aromatic carbocycles. The molecule has 0 bridgehead atoms. The van der Waals surface area contributed by atoms with Crippen molar-refractivity contribution in [3.8, 4) is 0 Å². The van der Waals surface area contributed by atoms with Gasteiger partial charge in [0.1, 0.15) is 0 Å². The van der Waals surface area contributed by atoms with Gasteiger partial charge in [0.15, 0.2) is 5.82 Å². The van der Waals surface area contributed by atoms with Crippen LogP contribution in [-0.4, -0.2) is 25.6 Å². The Labute approximate surface area is 105 Å². The third-order valence-electron chi connectivity index (χ3n) is 2.30. The van der Waals surface area contributed by atoms with Gasteiger partial charge in [-0.15, -0.1) is 0 Å². The average Bonchev–Trinajstić information content (AvgIpc) is 2.89. The van der Waals surface area contributed by atoms with Gasteiger partial charge < -0.3 is 5.32 Å². The van der Waals surface area contributed by atoms with Crippen molar-refractivity contribution in [2.45, 2.75) is 19.9 Å². The van der Waals surface area contributed by atoms with Crippen molar-refractivity contribution in [3.63, 3.8) is 0 Å². The molecular weight excluding hydrogens is 232 g/mol. The van der Waals surface area contributed by atoms with Gasteiger partial charge in [0, 0.05) is 32.1 Å². The van der Waals surface area contributed by atoms with Crippen molar-refractivity contribution in [2.24, 2.45) is 7.05 Å². The monoisotopic (exact) mass is 248 g/mol. The average molecular weight is 248 g/mol. The molecule has 0 spiro atoms. The van der Waals surface area contributed by atoms with Gasteiger partial charge in [-0.25, -0.2) is 4.79 Å². The predicted octanol–water partition coefficient (Wildman–Crippen LogP) is 1.67. The molecule has 0 unspecified atom stereocenters. The molecule has 2 aromatic heterocycles. The Morgan fingerprint density at radius 3 is 2.94 bits per heavy atom. The van der Waals surface area contributed by atoms with Gasteiger partial charge in [-0.2, -0.15) is 10.2 Å². The van der Waals surface area contributed by atoms with Crippen LogP contribution >= 0.6 is 0 Å². The van der Waals surface area contributed by atoms with Crippen LogP contribution in [0.4, 0.5) is 16.3 Å². The molecule has 2 heterocycles. The van der Waals surface area contributed by atoms with Crippen LogP contribution in [-0.2, 0) is 13.6 Å². The minimum Gasteiger partial charge on any atom is -0.305 e. The number of aryl methyl sites for hydroxylation is 2. The highest BCUT2D eigenvalue weighted by Gasteiger charge is 2.05. The number of nitrogens with zero attached hydrogens (tertiary/aromatic N) is 4. The molecule has 2 N–H and O–H groups in total. The van der Waals surface area contributed by atoms with E-state index in [2.05, 4.69) is 27.8 Å². The fourth-order valence-corrected chi connectivity index (χ4v) is 1.54. The zero-order valence-corrected chi connectivity index (χ0v) is 10.4. The number of anilines is 2. The second-order valence-corrected chi connectivity index (χ2v) is 3.95. The summed E-state index contributed by atoms with van der Waals surface area (Å²) in [5.74, 6) is 0.510. The van der Waals surface area contributed by atoms with Gasteiger partial charge >= 0.3 is 6.03 Å². The van der Waals surface area contributed by atoms with E-state index < -0.39 is 0 Å². The third-order valence-corrected chi connectivity index (χ3v) is 2.30. The van der Waals surface area contributed by atoms with Crippen molar-refractivity contribution in [1.82, 2.24) is 19.6 Å². The molecule has 7 nitrogen and oxygen atoms in total. The van der Waals surface area contributed by atoms with Crippen LogP contribution in [0.25, 0.3) is 0 Å². The number of amides is 2. The topological polar surface area (TPSA) is 76.8 Å². The summed E-state index contributed by atoms with van der Waals surface area (Å²) in [5.41, 5.74) is 0.664. The lowest BCUT2D eigenvalue weighted by atomic mass is 10.5. The Hall–Kier alpha value is -2.31. The summed E-state index contributed by atoms with van der Waals surface area (Å²) < 4.78 is 3.41. The molecule has 0 aliphatic carbocycles. The van der Waals surface area contributed by atoms with E-state index in [1.165, 1.54) is 0 Å². The minimum atomic E-state index is -0.329. The second kappa shape index (κ2) is 5.35. The maximum Gasteiger partial charge on any atom is 0.324 e. The predicted molar refractivity (Wildman–Crippen MR) is 68.4 cm³/mol. The molecule has 0 fully saturated rings. The molecule has 7 heteroatoms. The van der Waals surface area contributed by atoms with Gasteiger partial charge in [-0.1, -0.05) is 6.92 Å². The molecule has 2 rings (SSSR count). The number of urea groups is 1. The fraction of sp³-hybridized carbons (Fsp3) is 0.364. The zero-order valence-electron chi connectivity index (χ0n) is 10.4. The molecule has 2 aromatic rings. The molecule has 0 saturated heterocycles. The van der Waals surface area contributed by atoms with Crippen molar-refractivity contribution in [1.29, 1.82) is 0 Å². The Morgan fingerprint density at radius 1 is 1.44 bits per heavy atom. The summed E-state index contributed by atoms with van der Waals surface area (Å²) in [6.07, 6.45) is 6.17. The lowest BCUT2D eigenvalue weighted by molar-refractivity contribution is 0.262. The molecule has 0 radical (unpaired) electrons. The Morgan fingerprint density at radius 2 is 2.28 bits per heavy atom. The summed E-state index contributed by atoms with van der Waals surface area (Å²) in [5, 5.41) is 13.5. The highest BCUT2D eigenvalue weighted by atomic mass is 16.2. The first kappa shape index (κ1) is 12.2. The maximum atomic E-state index is 11.6.